The molecule has 0 aliphatic rings. The third-order valence-corrected chi connectivity index (χ3v) is 3.96. The molecule has 114 valence electrons. The van der Waals surface area contributed by atoms with Gasteiger partial charge in [-0.3, -0.25) is 9.69 Å². The molecule has 0 amide bonds. The van der Waals surface area contributed by atoms with E-state index in [0.717, 1.165) is 12.4 Å². The van der Waals surface area contributed by atoms with Crippen LogP contribution in [0, 0.1) is 0 Å². The van der Waals surface area contributed by atoms with Crippen LogP contribution in [0.25, 0.3) is 0 Å². The number of hydrogen-bond acceptors (Lipinski definition) is 5. The molecule has 6 heteroatoms. The maximum Gasteiger partial charge on any atom is 0.325 e. The summed E-state index contributed by atoms with van der Waals surface area (Å²) in [6.07, 6.45) is 4.39. The SMILES string of the molecule is CNC(C)(CC(C)N(C)Cc1nccn1C)C(=O)OC. The number of nitrogens with zero attached hydrogens (tertiary/aromatic N) is 3. The number of esters is 1. The first-order valence-electron chi connectivity index (χ1n) is 6.78. The first-order chi connectivity index (χ1) is 9.34. The number of likely N-dealkylation sites (N-methyl/N-ethyl adjacent to an activating group) is 1. The predicted octanol–water partition coefficient (Wildman–Crippen LogP) is 0.782. The largest absolute Gasteiger partial charge is 0.468 e. The molecule has 0 fully saturated rings. The molecule has 1 heterocycles. The number of methoxy groups -OCH3 is 1. The summed E-state index contributed by atoms with van der Waals surface area (Å²) >= 11 is 0. The van der Waals surface area contributed by atoms with Crippen molar-refractivity contribution in [2.75, 3.05) is 21.2 Å². The Hall–Kier alpha value is -1.40. The van der Waals surface area contributed by atoms with Crippen LogP contribution in [-0.4, -0.2) is 53.2 Å². The van der Waals surface area contributed by atoms with E-state index in [4.69, 9.17) is 4.74 Å². The summed E-state index contributed by atoms with van der Waals surface area (Å²) in [6, 6.07) is 0.211. The van der Waals surface area contributed by atoms with Gasteiger partial charge < -0.3 is 14.6 Å². The second-order valence-corrected chi connectivity index (χ2v) is 5.50. The van der Waals surface area contributed by atoms with Gasteiger partial charge in [0.25, 0.3) is 0 Å². The van der Waals surface area contributed by atoms with Gasteiger partial charge >= 0.3 is 5.97 Å². The zero-order valence-electron chi connectivity index (χ0n) is 13.3. The molecule has 0 bridgehead atoms. The second-order valence-electron chi connectivity index (χ2n) is 5.50. The van der Waals surface area contributed by atoms with Crippen molar-refractivity contribution in [3.05, 3.63) is 18.2 Å². The molecule has 20 heavy (non-hydrogen) atoms. The van der Waals surface area contributed by atoms with Crippen molar-refractivity contribution in [3.8, 4) is 0 Å². The highest BCUT2D eigenvalue weighted by Crippen LogP contribution is 2.18. The number of rotatable bonds is 7. The van der Waals surface area contributed by atoms with Crippen molar-refractivity contribution in [2.24, 2.45) is 7.05 Å². The van der Waals surface area contributed by atoms with Crippen molar-refractivity contribution in [2.45, 2.75) is 38.4 Å². The predicted molar refractivity (Wildman–Crippen MR) is 78.2 cm³/mol. The molecule has 0 aromatic carbocycles. The fraction of sp³-hybridized carbons (Fsp3) is 0.714. The summed E-state index contributed by atoms with van der Waals surface area (Å²) < 4.78 is 6.88. The van der Waals surface area contributed by atoms with Crippen LogP contribution in [0.1, 0.15) is 26.1 Å². The van der Waals surface area contributed by atoms with Gasteiger partial charge in [-0.25, -0.2) is 4.98 Å². The fourth-order valence-corrected chi connectivity index (χ4v) is 2.19. The first kappa shape index (κ1) is 16.7. The molecular weight excluding hydrogens is 256 g/mol. The zero-order valence-corrected chi connectivity index (χ0v) is 13.3. The van der Waals surface area contributed by atoms with Crippen LogP contribution >= 0.6 is 0 Å². The van der Waals surface area contributed by atoms with Crippen molar-refractivity contribution >= 4 is 5.97 Å². The molecule has 1 aromatic heterocycles. The lowest BCUT2D eigenvalue weighted by molar-refractivity contribution is -0.148. The maximum absolute atomic E-state index is 11.9. The summed E-state index contributed by atoms with van der Waals surface area (Å²) in [7, 11) is 7.21. The number of imidazole rings is 1. The normalized spacial score (nSPS) is 15.9. The van der Waals surface area contributed by atoms with Gasteiger partial charge in [0.05, 0.1) is 13.7 Å². The Bertz CT molecular complexity index is 446. The number of carbonyl (C=O) groups is 1. The molecule has 1 aromatic rings. The van der Waals surface area contributed by atoms with Crippen LogP contribution in [0.3, 0.4) is 0 Å². The van der Waals surface area contributed by atoms with E-state index in [2.05, 4.69) is 22.1 Å². The molecule has 0 saturated carbocycles. The van der Waals surface area contributed by atoms with Gasteiger partial charge in [-0.1, -0.05) is 0 Å². The van der Waals surface area contributed by atoms with E-state index in [1.54, 1.807) is 13.2 Å². The highest BCUT2D eigenvalue weighted by Gasteiger charge is 2.35. The van der Waals surface area contributed by atoms with Gasteiger partial charge in [-0.2, -0.15) is 0 Å². The Labute approximate surface area is 121 Å². The molecule has 1 rings (SSSR count). The average Bonchev–Trinajstić information content (AvgIpc) is 2.82. The molecule has 0 spiro atoms. The monoisotopic (exact) mass is 282 g/mol. The van der Waals surface area contributed by atoms with Gasteiger partial charge in [-0.15, -0.1) is 0 Å². The Morgan fingerprint density at radius 3 is 2.75 bits per heavy atom. The highest BCUT2D eigenvalue weighted by molar-refractivity contribution is 5.80. The molecule has 6 nitrogen and oxygen atoms in total. The Balaban J connectivity index is 2.67. The quantitative estimate of drug-likeness (QED) is 0.749. The van der Waals surface area contributed by atoms with E-state index in [0.29, 0.717) is 6.42 Å². The Kier molecular flexibility index (Phi) is 5.71. The molecule has 0 saturated heterocycles. The third kappa shape index (κ3) is 3.80. The molecule has 2 atom stereocenters. The smallest absolute Gasteiger partial charge is 0.325 e. The number of nitrogens with one attached hydrogen (secondary N) is 1. The third-order valence-electron chi connectivity index (χ3n) is 3.96. The van der Waals surface area contributed by atoms with Crippen LogP contribution < -0.4 is 5.32 Å². The van der Waals surface area contributed by atoms with Crippen molar-refractivity contribution in [1.82, 2.24) is 19.8 Å². The van der Waals surface area contributed by atoms with Gasteiger partial charge in [-0.05, 0) is 34.4 Å². The molecule has 0 aliphatic carbocycles. The number of ether oxygens (including phenoxy) is 1. The molecule has 1 N–H and O–H groups in total. The minimum absolute atomic E-state index is 0.211. The van der Waals surface area contributed by atoms with E-state index in [-0.39, 0.29) is 12.0 Å². The molecule has 0 radical (unpaired) electrons. The number of hydrogen-bond donors (Lipinski definition) is 1. The van der Waals surface area contributed by atoms with Crippen LogP contribution in [0.2, 0.25) is 0 Å². The van der Waals surface area contributed by atoms with Gasteiger partial charge in [0.1, 0.15) is 11.4 Å². The lowest BCUT2D eigenvalue weighted by Crippen LogP contribution is -2.52. The Morgan fingerprint density at radius 1 is 1.65 bits per heavy atom. The summed E-state index contributed by atoms with van der Waals surface area (Å²) in [5, 5.41) is 3.06. The van der Waals surface area contributed by atoms with Crippen molar-refractivity contribution in [3.63, 3.8) is 0 Å². The van der Waals surface area contributed by atoms with E-state index in [9.17, 15) is 4.79 Å². The van der Waals surface area contributed by atoms with Gasteiger partial charge in [0.15, 0.2) is 0 Å². The number of aromatic nitrogens is 2. The average molecular weight is 282 g/mol. The highest BCUT2D eigenvalue weighted by atomic mass is 16.5. The van der Waals surface area contributed by atoms with E-state index < -0.39 is 5.54 Å². The summed E-state index contributed by atoms with van der Waals surface area (Å²) in [6.45, 7) is 4.71. The number of aryl methyl sites for hydroxylation is 1. The maximum atomic E-state index is 11.9. The van der Waals surface area contributed by atoms with Crippen molar-refractivity contribution < 1.29 is 9.53 Å². The Morgan fingerprint density at radius 2 is 2.30 bits per heavy atom. The topological polar surface area (TPSA) is 59.4 Å². The molecular formula is C14H26N4O2. The lowest BCUT2D eigenvalue weighted by atomic mass is 9.93. The van der Waals surface area contributed by atoms with Crippen LogP contribution in [0.5, 0.6) is 0 Å². The second kappa shape index (κ2) is 6.85. The molecule has 2 unspecified atom stereocenters. The summed E-state index contributed by atoms with van der Waals surface area (Å²) in [5.74, 6) is 0.765. The van der Waals surface area contributed by atoms with E-state index >= 15 is 0 Å². The zero-order chi connectivity index (χ0) is 15.3. The number of carbonyl (C=O) groups excluding carboxylic acids is 1. The summed E-state index contributed by atoms with van der Waals surface area (Å²) in [4.78, 5) is 18.4. The van der Waals surface area contributed by atoms with E-state index in [1.807, 2.05) is 31.8 Å². The van der Waals surface area contributed by atoms with Crippen LogP contribution in [0.4, 0.5) is 0 Å². The lowest BCUT2D eigenvalue weighted by Gasteiger charge is -2.33. The van der Waals surface area contributed by atoms with E-state index in [1.165, 1.54) is 7.11 Å². The fourth-order valence-electron chi connectivity index (χ4n) is 2.19. The standard InChI is InChI=1S/C14H26N4O2/c1-11(9-14(2,15-3)13(19)20-6)18(5)10-12-16-7-8-17(12)4/h7-8,11,15H,9-10H2,1-6H3. The van der Waals surface area contributed by atoms with Crippen LogP contribution in [0.15, 0.2) is 12.4 Å². The minimum atomic E-state index is -0.677. The van der Waals surface area contributed by atoms with Crippen molar-refractivity contribution in [1.29, 1.82) is 0 Å². The van der Waals surface area contributed by atoms with Crippen LogP contribution in [-0.2, 0) is 23.1 Å². The summed E-state index contributed by atoms with van der Waals surface area (Å²) in [5.41, 5.74) is -0.677. The van der Waals surface area contributed by atoms with Gasteiger partial charge in [0, 0.05) is 25.5 Å². The van der Waals surface area contributed by atoms with Gasteiger partial charge in [0.2, 0.25) is 0 Å². The first-order valence-corrected chi connectivity index (χ1v) is 6.78. The molecule has 0 aliphatic heterocycles. The minimum Gasteiger partial charge on any atom is -0.468 e.